The van der Waals surface area contributed by atoms with Gasteiger partial charge in [-0.1, -0.05) is 0 Å². The molecule has 3 aromatic heterocycles. The van der Waals surface area contributed by atoms with Crippen molar-refractivity contribution in [1.82, 2.24) is 34.3 Å². The molecule has 0 amide bonds. The highest BCUT2D eigenvalue weighted by atomic mass is 79.9. The smallest absolute Gasteiger partial charge is 0.229 e. The number of nitrogens with one attached hydrogen (secondary N) is 2. The molecule has 0 radical (unpaired) electrons. The molecule has 2 aliphatic rings. The maximum Gasteiger partial charge on any atom is 0.229 e. The van der Waals surface area contributed by atoms with Gasteiger partial charge in [-0.15, -0.1) is 0 Å². The molecule has 0 atom stereocenters. The average molecular weight is 760 g/mol. The van der Waals surface area contributed by atoms with E-state index in [-0.39, 0.29) is 0 Å². The second-order valence-corrected chi connectivity index (χ2v) is 17.6. The summed E-state index contributed by atoms with van der Waals surface area (Å²) in [4.78, 5) is 26.0. The van der Waals surface area contributed by atoms with E-state index in [2.05, 4.69) is 98.4 Å². The summed E-state index contributed by atoms with van der Waals surface area (Å²) in [5.41, 5.74) is 6.10. The van der Waals surface area contributed by atoms with Crippen molar-refractivity contribution >= 4 is 68.2 Å². The van der Waals surface area contributed by atoms with Gasteiger partial charge in [0.1, 0.15) is 24.2 Å². The average Bonchev–Trinajstić information content (AvgIpc) is 3.55. The first-order valence-electron chi connectivity index (χ1n) is 16.9. The van der Waals surface area contributed by atoms with Crippen molar-refractivity contribution in [1.29, 1.82) is 0 Å². The Morgan fingerprint density at radius 3 is 2.38 bits per heavy atom. The van der Waals surface area contributed by atoms with Crippen LogP contribution in [-0.2, 0) is 11.6 Å². The van der Waals surface area contributed by atoms with E-state index >= 15 is 0 Å². The zero-order valence-electron chi connectivity index (χ0n) is 29.2. The number of hydrogen-bond donors (Lipinski definition) is 2. The fourth-order valence-electron chi connectivity index (χ4n) is 7.08. The Labute approximate surface area is 301 Å². The normalized spacial score (nSPS) is 16.6. The summed E-state index contributed by atoms with van der Waals surface area (Å²) in [6.07, 6.45) is 11.4. The third-order valence-corrected chi connectivity index (χ3v) is 11.8. The van der Waals surface area contributed by atoms with E-state index in [1.54, 1.807) is 39.0 Å². The fourth-order valence-corrected chi connectivity index (χ4v) is 8.76. The minimum absolute atomic E-state index is 0.382. The van der Waals surface area contributed by atoms with Gasteiger partial charge in [-0.05, 0) is 73.4 Å². The Morgan fingerprint density at radius 2 is 1.68 bits per heavy atom. The SMILES string of the molecule is COc1cc(N2CCC(N3CCN(C)CC3)CC2)c(-c2ccn(C)c2)cc1Nc1ncc(Br)c(Nc2ccc3nccnc3c2P(C)(C)=O)n1. The lowest BCUT2D eigenvalue weighted by molar-refractivity contribution is 0.0982. The number of fused-ring (bicyclic) bond motifs is 1. The minimum atomic E-state index is -2.76. The van der Waals surface area contributed by atoms with Crippen LogP contribution in [0.1, 0.15) is 12.8 Å². The van der Waals surface area contributed by atoms with Gasteiger partial charge < -0.3 is 34.3 Å². The van der Waals surface area contributed by atoms with Crippen LogP contribution in [0, 0.1) is 0 Å². The van der Waals surface area contributed by atoms with Crippen LogP contribution in [0.3, 0.4) is 0 Å². The van der Waals surface area contributed by atoms with E-state index in [1.807, 2.05) is 19.2 Å². The van der Waals surface area contributed by atoms with Crippen LogP contribution in [0.15, 0.2) is 65.8 Å². The number of rotatable bonds is 9. The Bertz CT molecular complexity index is 2050. The number of hydrogen-bond acceptors (Lipinski definition) is 11. The molecule has 0 saturated carbocycles. The number of methoxy groups -OCH3 is 1. The van der Waals surface area contributed by atoms with Crippen molar-refractivity contribution < 1.29 is 9.30 Å². The maximum absolute atomic E-state index is 13.5. The number of piperidine rings is 1. The summed E-state index contributed by atoms with van der Waals surface area (Å²) in [7, 11) is 3.19. The Morgan fingerprint density at radius 1 is 0.920 bits per heavy atom. The molecule has 2 saturated heterocycles. The van der Waals surface area contributed by atoms with Crippen LogP contribution in [0.5, 0.6) is 5.75 Å². The van der Waals surface area contributed by atoms with Gasteiger partial charge in [-0.25, -0.2) is 4.98 Å². The maximum atomic E-state index is 13.5. The van der Waals surface area contributed by atoms with Crippen LogP contribution in [0.25, 0.3) is 22.2 Å². The molecule has 0 unspecified atom stereocenters. The highest BCUT2D eigenvalue weighted by Crippen LogP contribution is 2.43. The van der Waals surface area contributed by atoms with E-state index in [1.165, 1.54) is 0 Å². The molecule has 2 fully saturated rings. The summed E-state index contributed by atoms with van der Waals surface area (Å²) in [6, 6.07) is 10.8. The number of halogens is 1. The number of ether oxygens (including phenoxy) is 1. The van der Waals surface area contributed by atoms with Gasteiger partial charge in [0.25, 0.3) is 0 Å². The molecule has 12 nitrogen and oxygen atoms in total. The number of likely N-dealkylation sites (N-methyl/N-ethyl adjacent to an activating group) is 1. The Hall–Kier alpha value is -4.03. The summed E-state index contributed by atoms with van der Waals surface area (Å²) >= 11 is 3.61. The van der Waals surface area contributed by atoms with E-state index < -0.39 is 7.14 Å². The minimum Gasteiger partial charge on any atom is -0.494 e. The molecule has 7 rings (SSSR count). The van der Waals surface area contributed by atoms with Gasteiger partial charge in [0.15, 0.2) is 0 Å². The summed E-state index contributed by atoms with van der Waals surface area (Å²) in [5, 5.41) is 7.45. The number of aryl methyl sites for hydroxylation is 1. The second-order valence-electron chi connectivity index (χ2n) is 13.6. The quantitative estimate of drug-likeness (QED) is 0.169. The first-order valence-corrected chi connectivity index (χ1v) is 20.3. The number of benzene rings is 2. The van der Waals surface area contributed by atoms with Gasteiger partial charge in [-0.3, -0.25) is 14.9 Å². The molecule has 14 heteroatoms. The summed E-state index contributed by atoms with van der Waals surface area (Å²) in [6.45, 7) is 10.0. The van der Waals surface area contributed by atoms with Gasteiger partial charge in [0.05, 0.1) is 33.8 Å². The highest BCUT2D eigenvalue weighted by molar-refractivity contribution is 9.10. The van der Waals surface area contributed by atoms with Crippen molar-refractivity contribution in [3.8, 4) is 16.9 Å². The topological polar surface area (TPSA) is 117 Å². The van der Waals surface area contributed by atoms with E-state index in [4.69, 9.17) is 9.72 Å². The third-order valence-electron chi connectivity index (χ3n) is 9.72. The molecule has 262 valence electrons. The van der Waals surface area contributed by atoms with E-state index in [0.29, 0.717) is 50.1 Å². The Balaban J connectivity index is 1.18. The zero-order chi connectivity index (χ0) is 35.0. The molecule has 5 aromatic rings. The van der Waals surface area contributed by atoms with Crippen molar-refractivity contribution in [3.05, 3.63) is 65.8 Å². The molecule has 2 aromatic carbocycles. The van der Waals surface area contributed by atoms with Crippen molar-refractivity contribution in [2.24, 2.45) is 7.05 Å². The lowest BCUT2D eigenvalue weighted by atomic mass is 9.98. The van der Waals surface area contributed by atoms with Gasteiger partial charge in [-0.2, -0.15) is 4.98 Å². The van der Waals surface area contributed by atoms with Crippen LogP contribution in [0.4, 0.5) is 28.8 Å². The highest BCUT2D eigenvalue weighted by Gasteiger charge is 2.29. The predicted octanol–water partition coefficient (Wildman–Crippen LogP) is 6.15. The number of nitrogens with zero attached hydrogens (tertiary/aromatic N) is 8. The van der Waals surface area contributed by atoms with Crippen LogP contribution in [0.2, 0.25) is 0 Å². The number of anilines is 5. The lowest BCUT2D eigenvalue weighted by Crippen LogP contribution is -2.52. The molecule has 0 bridgehead atoms. The zero-order valence-corrected chi connectivity index (χ0v) is 31.7. The monoisotopic (exact) mass is 758 g/mol. The second kappa shape index (κ2) is 14.3. The molecule has 0 spiro atoms. The largest absolute Gasteiger partial charge is 0.494 e. The first-order chi connectivity index (χ1) is 24.1. The molecule has 2 aliphatic heterocycles. The van der Waals surface area contributed by atoms with Crippen LogP contribution in [-0.4, -0.2) is 107 Å². The van der Waals surface area contributed by atoms with Crippen LogP contribution < -0.4 is 25.6 Å². The summed E-state index contributed by atoms with van der Waals surface area (Å²) in [5.74, 6) is 1.60. The first kappa shape index (κ1) is 34.4. The standard InChI is InChI=1S/C36H44BrN10O2P/c1-44-16-18-46(19-17-44)25-9-14-47(15-10-25)31-21-32(49-3)30(20-26(31)24-8-13-45(2)23-24)42-36-40-22-27(37)35(43-36)41-29-7-6-28-33(39-12-11-38-28)34(29)50(4,5)48/h6-8,11-13,20-23,25H,9-10,14-19H2,1-5H3,(H2,40,41,42,43). The predicted molar refractivity (Wildman–Crippen MR) is 207 cm³/mol. The molecule has 50 heavy (non-hydrogen) atoms. The fraction of sp³-hybridized carbons (Fsp3) is 0.389. The van der Waals surface area contributed by atoms with Crippen molar-refractivity contribution in [2.75, 3.05) is 82.3 Å². The summed E-state index contributed by atoms with van der Waals surface area (Å²) < 4.78 is 22.2. The van der Waals surface area contributed by atoms with E-state index in [0.717, 1.165) is 74.6 Å². The van der Waals surface area contributed by atoms with Crippen LogP contribution >= 0.6 is 23.1 Å². The molecular formula is C36H44BrN10O2P. The third kappa shape index (κ3) is 7.23. The van der Waals surface area contributed by atoms with Crippen molar-refractivity contribution in [3.63, 3.8) is 0 Å². The Kier molecular flexibility index (Phi) is 9.85. The van der Waals surface area contributed by atoms with Gasteiger partial charge >= 0.3 is 0 Å². The number of aromatic nitrogens is 5. The lowest BCUT2D eigenvalue weighted by Gasteiger charge is -2.43. The van der Waals surface area contributed by atoms with Crippen molar-refractivity contribution in [2.45, 2.75) is 18.9 Å². The number of piperazine rings is 1. The molecular weight excluding hydrogens is 715 g/mol. The molecule has 0 aliphatic carbocycles. The van der Waals surface area contributed by atoms with Gasteiger partial charge in [0, 0.05) is 106 Å². The van der Waals surface area contributed by atoms with E-state index in [9.17, 15) is 4.57 Å². The molecule has 2 N–H and O–H groups in total. The molecule has 5 heterocycles. The van der Waals surface area contributed by atoms with Gasteiger partial charge in [0.2, 0.25) is 5.95 Å².